The van der Waals surface area contributed by atoms with E-state index in [4.69, 9.17) is 0 Å². The zero-order valence-corrected chi connectivity index (χ0v) is 17.9. The maximum absolute atomic E-state index is 12.5. The smallest absolute Gasteiger partial charge is 0.178 e. The normalized spacial score (nSPS) is 46.5. The molecule has 0 aromatic carbocycles. The Morgan fingerprint density at radius 2 is 1.96 bits per heavy atom. The second-order valence-electron chi connectivity index (χ2n) is 9.62. The van der Waals surface area contributed by atoms with E-state index in [2.05, 4.69) is 20.8 Å². The van der Waals surface area contributed by atoms with Crippen molar-refractivity contribution in [3.63, 3.8) is 0 Å². The van der Waals surface area contributed by atoms with Crippen molar-refractivity contribution >= 4 is 11.6 Å². The van der Waals surface area contributed by atoms with Gasteiger partial charge < -0.3 is 10.2 Å². The molecule has 0 aliphatic heterocycles. The van der Waals surface area contributed by atoms with Crippen molar-refractivity contribution in [2.45, 2.75) is 66.4 Å². The Morgan fingerprint density at radius 3 is 2.61 bits per heavy atom. The van der Waals surface area contributed by atoms with E-state index in [9.17, 15) is 19.8 Å². The van der Waals surface area contributed by atoms with Gasteiger partial charge in [-0.05, 0) is 61.0 Å². The summed E-state index contributed by atoms with van der Waals surface area (Å²) < 4.78 is 0. The molecule has 7 unspecified atom stereocenters. The average Bonchev–Trinajstić information content (AvgIpc) is 2.93. The van der Waals surface area contributed by atoms with Crippen molar-refractivity contribution < 1.29 is 19.8 Å². The fourth-order valence-corrected chi connectivity index (χ4v) is 7.48. The van der Waals surface area contributed by atoms with Crippen molar-refractivity contribution in [1.29, 1.82) is 0 Å². The van der Waals surface area contributed by atoms with Gasteiger partial charge in [0.1, 0.15) is 6.61 Å². The Labute approximate surface area is 169 Å². The van der Waals surface area contributed by atoms with E-state index < -0.39 is 12.7 Å². The van der Waals surface area contributed by atoms with Crippen molar-refractivity contribution in [1.82, 2.24) is 0 Å². The zero-order valence-electron chi connectivity index (χ0n) is 17.9. The highest BCUT2D eigenvalue weighted by atomic mass is 16.3. The Kier molecular flexibility index (Phi) is 5.77. The van der Waals surface area contributed by atoms with Crippen LogP contribution in [0.25, 0.3) is 0 Å². The van der Waals surface area contributed by atoms with Gasteiger partial charge in [0.15, 0.2) is 11.6 Å². The third-order valence-electron chi connectivity index (χ3n) is 8.34. The first-order valence-corrected chi connectivity index (χ1v) is 11.0. The minimum Gasteiger partial charge on any atom is -0.393 e. The summed E-state index contributed by atoms with van der Waals surface area (Å²) in [5.41, 5.74) is 0.647. The molecule has 4 heteroatoms. The first-order chi connectivity index (χ1) is 13.2. The third-order valence-corrected chi connectivity index (χ3v) is 8.34. The van der Waals surface area contributed by atoms with Gasteiger partial charge >= 0.3 is 0 Å². The molecule has 28 heavy (non-hydrogen) atoms. The second kappa shape index (κ2) is 7.53. The molecule has 4 nitrogen and oxygen atoms in total. The number of hydrogen-bond acceptors (Lipinski definition) is 4. The van der Waals surface area contributed by atoms with Crippen molar-refractivity contribution in [3.8, 4) is 0 Å². The fraction of sp³-hybridized carbons (Fsp3) is 0.750. The minimum absolute atomic E-state index is 0.0501. The summed E-state index contributed by atoms with van der Waals surface area (Å²) in [5.74, 6) is 0.886. The Morgan fingerprint density at radius 1 is 1.29 bits per heavy atom. The lowest BCUT2D eigenvalue weighted by molar-refractivity contribution is -0.142. The molecule has 0 spiro atoms. The molecular formula is C24H36O4. The number of allylic oxidation sites excluding steroid dienone is 4. The number of carbonyl (C=O) groups is 2. The Hall–Kier alpha value is -1.26. The highest BCUT2D eigenvalue weighted by Gasteiger charge is 2.64. The van der Waals surface area contributed by atoms with Crippen molar-refractivity contribution in [3.05, 3.63) is 23.8 Å². The van der Waals surface area contributed by atoms with E-state index in [1.807, 2.05) is 19.9 Å². The molecule has 0 saturated heterocycles. The van der Waals surface area contributed by atoms with Crippen LogP contribution in [0.4, 0.5) is 0 Å². The topological polar surface area (TPSA) is 74.6 Å². The van der Waals surface area contributed by atoms with Gasteiger partial charge in [0, 0.05) is 17.3 Å². The Bertz CT molecular complexity index is 707. The summed E-state index contributed by atoms with van der Waals surface area (Å²) in [6.45, 7) is 10.0. The molecule has 3 saturated carbocycles. The summed E-state index contributed by atoms with van der Waals surface area (Å²) in [5, 5.41) is 20.7. The summed E-state index contributed by atoms with van der Waals surface area (Å²) >= 11 is 0. The number of ketones is 2. The molecule has 4 aliphatic carbocycles. The Balaban J connectivity index is 0.00000109. The first kappa shape index (κ1) is 21.4. The van der Waals surface area contributed by atoms with Crippen LogP contribution in [0, 0.1) is 40.4 Å². The molecule has 3 fully saturated rings. The second-order valence-corrected chi connectivity index (χ2v) is 9.62. The quantitative estimate of drug-likeness (QED) is 0.756. The van der Waals surface area contributed by atoms with Crippen LogP contribution in [-0.4, -0.2) is 34.5 Å². The zero-order chi connectivity index (χ0) is 20.9. The van der Waals surface area contributed by atoms with Gasteiger partial charge in [-0.3, -0.25) is 9.59 Å². The predicted molar refractivity (Wildman–Crippen MR) is 109 cm³/mol. The lowest BCUT2D eigenvalue weighted by Crippen LogP contribution is -2.56. The number of fused-ring (bicyclic) bond motifs is 5. The molecule has 0 aromatic heterocycles. The number of aliphatic hydroxyl groups is 2. The number of rotatable bonds is 2. The van der Waals surface area contributed by atoms with Gasteiger partial charge in [0.25, 0.3) is 0 Å². The molecule has 8 atom stereocenters. The van der Waals surface area contributed by atoms with E-state index in [1.54, 1.807) is 12.2 Å². The van der Waals surface area contributed by atoms with Crippen molar-refractivity contribution in [2.24, 2.45) is 40.4 Å². The monoisotopic (exact) mass is 388 g/mol. The molecule has 0 amide bonds. The predicted octanol–water partition coefficient (Wildman–Crippen LogP) is 3.71. The number of aliphatic hydroxyl groups excluding tert-OH is 2. The molecule has 156 valence electrons. The average molecular weight is 389 g/mol. The molecule has 4 rings (SSSR count). The summed E-state index contributed by atoms with van der Waals surface area (Å²) in [6, 6.07) is 0. The van der Waals surface area contributed by atoms with Gasteiger partial charge in [0.05, 0.1) is 6.10 Å². The lowest BCUT2D eigenvalue weighted by atomic mass is 9.46. The highest BCUT2D eigenvalue weighted by Crippen LogP contribution is 2.67. The molecular weight excluding hydrogens is 352 g/mol. The molecule has 0 heterocycles. The van der Waals surface area contributed by atoms with E-state index in [1.165, 1.54) is 0 Å². The van der Waals surface area contributed by atoms with Gasteiger partial charge in [-0.1, -0.05) is 46.3 Å². The fourth-order valence-electron chi connectivity index (χ4n) is 7.48. The van der Waals surface area contributed by atoms with Crippen LogP contribution in [0.15, 0.2) is 23.8 Å². The lowest BCUT2D eigenvalue weighted by Gasteiger charge is -2.58. The molecule has 0 radical (unpaired) electrons. The van der Waals surface area contributed by atoms with Crippen LogP contribution in [0.2, 0.25) is 0 Å². The van der Waals surface area contributed by atoms with E-state index >= 15 is 0 Å². The molecule has 4 aliphatic rings. The maximum atomic E-state index is 12.5. The van der Waals surface area contributed by atoms with Crippen LogP contribution in [0.3, 0.4) is 0 Å². The molecule has 0 bridgehead atoms. The van der Waals surface area contributed by atoms with Crippen LogP contribution in [-0.2, 0) is 9.59 Å². The number of carbonyl (C=O) groups excluding carboxylic acids is 2. The van der Waals surface area contributed by atoms with E-state index in [0.29, 0.717) is 18.3 Å². The largest absolute Gasteiger partial charge is 0.393 e. The SMILES string of the molecule is CC.C[C@@H]1CC2C3CCC4=CC(=O)C=CC4(C)C3C(O)CC2(C)C1C(=O)CO. The number of Topliss-reactive ketones (excluding diaryl/α,β-unsaturated/α-hetero) is 1. The third kappa shape index (κ3) is 2.95. The minimum atomic E-state index is -0.493. The maximum Gasteiger partial charge on any atom is 0.178 e. The van der Waals surface area contributed by atoms with E-state index in [0.717, 1.165) is 24.8 Å². The summed E-state index contributed by atoms with van der Waals surface area (Å²) in [7, 11) is 0. The van der Waals surface area contributed by atoms with Gasteiger partial charge in [-0.25, -0.2) is 0 Å². The van der Waals surface area contributed by atoms with Gasteiger partial charge in [-0.2, -0.15) is 0 Å². The van der Waals surface area contributed by atoms with Gasteiger partial charge in [-0.15, -0.1) is 0 Å². The first-order valence-electron chi connectivity index (χ1n) is 11.0. The standard InChI is InChI=1S/C22H30O4.C2H6/c1-12-8-16-15-5-4-13-9-14(24)6-7-21(13,2)20(15)17(25)10-22(16,3)19(12)18(26)11-23;1-2/h6-7,9,12,15-17,19-20,23,25H,4-5,8,10-11H2,1-3H3;1-2H3/t12-,15?,16?,17?,19?,20?,21?,22?;/m1./s1. The van der Waals surface area contributed by atoms with Crippen LogP contribution in [0.1, 0.15) is 60.3 Å². The molecule has 2 N–H and O–H groups in total. The summed E-state index contributed by atoms with van der Waals surface area (Å²) in [6.07, 6.45) is 8.39. The van der Waals surface area contributed by atoms with Crippen molar-refractivity contribution in [2.75, 3.05) is 6.61 Å². The van der Waals surface area contributed by atoms with Crippen LogP contribution < -0.4 is 0 Å². The van der Waals surface area contributed by atoms with Gasteiger partial charge in [0.2, 0.25) is 0 Å². The molecule has 0 aromatic rings. The van der Waals surface area contributed by atoms with Crippen LogP contribution >= 0.6 is 0 Å². The highest BCUT2D eigenvalue weighted by molar-refractivity contribution is 6.01. The number of hydrogen-bond donors (Lipinski definition) is 2. The van der Waals surface area contributed by atoms with Crippen LogP contribution in [0.5, 0.6) is 0 Å². The van der Waals surface area contributed by atoms with E-state index in [-0.39, 0.29) is 40.2 Å². The summed E-state index contributed by atoms with van der Waals surface area (Å²) in [4.78, 5) is 24.3.